The van der Waals surface area contributed by atoms with Crippen LogP contribution in [0.15, 0.2) is 79.0 Å². The predicted molar refractivity (Wildman–Crippen MR) is 122 cm³/mol. The molecule has 0 bridgehead atoms. The normalized spacial score (nSPS) is 18.1. The number of amides is 2. The van der Waals surface area contributed by atoms with Crippen molar-refractivity contribution in [1.29, 1.82) is 0 Å². The van der Waals surface area contributed by atoms with Crippen molar-refractivity contribution in [2.45, 2.75) is 18.1 Å². The lowest BCUT2D eigenvalue weighted by molar-refractivity contribution is -0.137. The van der Waals surface area contributed by atoms with E-state index in [1.807, 2.05) is 24.3 Å². The number of alkyl halides is 3. The summed E-state index contributed by atoms with van der Waals surface area (Å²) in [5, 5.41) is 3.52. The van der Waals surface area contributed by atoms with Gasteiger partial charge in [0.05, 0.1) is 17.5 Å². The Morgan fingerprint density at radius 2 is 1.71 bits per heavy atom. The van der Waals surface area contributed by atoms with E-state index in [0.717, 1.165) is 28.6 Å². The number of para-hydroxylation sites is 1. The van der Waals surface area contributed by atoms with Crippen LogP contribution in [0.4, 0.5) is 18.9 Å². The fourth-order valence-electron chi connectivity index (χ4n) is 4.68. The zero-order valence-electron chi connectivity index (χ0n) is 18.1. The highest BCUT2D eigenvalue weighted by Crippen LogP contribution is 2.44. The number of carbonyl (C=O) groups is 2. The van der Waals surface area contributed by atoms with Crippen LogP contribution in [0.5, 0.6) is 0 Å². The van der Waals surface area contributed by atoms with E-state index in [2.05, 4.69) is 10.3 Å². The quantitative estimate of drug-likeness (QED) is 0.407. The Bertz CT molecular complexity index is 1410. The second-order valence-corrected chi connectivity index (χ2v) is 8.28. The lowest BCUT2D eigenvalue weighted by atomic mass is 9.79. The smallest absolute Gasteiger partial charge is 0.361 e. The molecule has 0 saturated heterocycles. The third-order valence-electron chi connectivity index (χ3n) is 6.26. The predicted octanol–water partition coefficient (Wildman–Crippen LogP) is 5.74. The summed E-state index contributed by atoms with van der Waals surface area (Å²) in [7, 11) is 1.63. The van der Waals surface area contributed by atoms with Crippen LogP contribution in [0.1, 0.15) is 39.0 Å². The van der Waals surface area contributed by atoms with Gasteiger partial charge in [0.25, 0.3) is 5.91 Å². The Kier molecular flexibility index (Phi) is 5.16. The van der Waals surface area contributed by atoms with Crippen molar-refractivity contribution in [3.05, 3.63) is 101 Å². The molecule has 0 fully saturated rings. The van der Waals surface area contributed by atoms with Crippen LogP contribution in [0.3, 0.4) is 0 Å². The van der Waals surface area contributed by atoms with Gasteiger partial charge in [0, 0.05) is 41.0 Å². The summed E-state index contributed by atoms with van der Waals surface area (Å²) in [6, 6.07) is 18.3. The third-order valence-corrected chi connectivity index (χ3v) is 6.26. The van der Waals surface area contributed by atoms with Gasteiger partial charge in [-0.1, -0.05) is 42.5 Å². The van der Waals surface area contributed by atoms with Crippen molar-refractivity contribution in [3.63, 3.8) is 0 Å². The summed E-state index contributed by atoms with van der Waals surface area (Å²) in [5.41, 5.74) is 1.72. The zero-order chi connectivity index (χ0) is 24.0. The second-order valence-electron chi connectivity index (χ2n) is 8.28. The van der Waals surface area contributed by atoms with Gasteiger partial charge in [0.15, 0.2) is 0 Å². The number of rotatable bonds is 3. The van der Waals surface area contributed by atoms with Gasteiger partial charge in [0.1, 0.15) is 0 Å². The van der Waals surface area contributed by atoms with E-state index in [-0.39, 0.29) is 11.6 Å². The molecule has 8 heteroatoms. The van der Waals surface area contributed by atoms with Crippen molar-refractivity contribution in [2.75, 3.05) is 12.4 Å². The molecule has 5 nitrogen and oxygen atoms in total. The van der Waals surface area contributed by atoms with E-state index >= 15 is 0 Å². The molecule has 2 atom stereocenters. The van der Waals surface area contributed by atoms with E-state index in [4.69, 9.17) is 0 Å². The Morgan fingerprint density at radius 1 is 0.971 bits per heavy atom. The number of H-pyrrole nitrogens is 1. The first-order valence-electron chi connectivity index (χ1n) is 10.7. The van der Waals surface area contributed by atoms with Gasteiger partial charge >= 0.3 is 6.18 Å². The van der Waals surface area contributed by atoms with Gasteiger partial charge < -0.3 is 15.2 Å². The molecule has 0 unspecified atom stereocenters. The molecular weight excluding hydrogens is 443 g/mol. The Labute approximate surface area is 193 Å². The van der Waals surface area contributed by atoms with Crippen molar-refractivity contribution < 1.29 is 22.8 Å². The van der Waals surface area contributed by atoms with Gasteiger partial charge in [0.2, 0.25) is 5.91 Å². The number of hydrogen-bond acceptors (Lipinski definition) is 2. The summed E-state index contributed by atoms with van der Waals surface area (Å²) in [5.74, 6) is -1.57. The van der Waals surface area contributed by atoms with Crippen molar-refractivity contribution >= 4 is 28.4 Å². The molecule has 0 aliphatic carbocycles. The molecule has 4 aromatic rings. The Hall–Kier alpha value is -4.07. The highest BCUT2D eigenvalue weighted by molar-refractivity contribution is 6.05. The second kappa shape index (κ2) is 8.06. The van der Waals surface area contributed by atoms with Crippen molar-refractivity contribution in [3.8, 4) is 0 Å². The number of aromatic amines is 1. The molecule has 3 aromatic carbocycles. The summed E-state index contributed by atoms with van der Waals surface area (Å²) >= 11 is 0. The fourth-order valence-corrected chi connectivity index (χ4v) is 4.68. The number of anilines is 1. The van der Waals surface area contributed by atoms with E-state index < -0.39 is 29.6 Å². The summed E-state index contributed by atoms with van der Waals surface area (Å²) in [6.07, 6.45) is -2.75. The third kappa shape index (κ3) is 3.61. The van der Waals surface area contributed by atoms with Crippen LogP contribution in [0.2, 0.25) is 0 Å². The van der Waals surface area contributed by atoms with E-state index in [1.165, 1.54) is 17.0 Å². The van der Waals surface area contributed by atoms with Crippen LogP contribution in [-0.2, 0) is 11.0 Å². The molecule has 2 heterocycles. The fraction of sp³-hybridized carbons (Fsp3) is 0.154. The van der Waals surface area contributed by atoms with Crippen LogP contribution < -0.4 is 5.32 Å². The van der Waals surface area contributed by atoms with Crippen molar-refractivity contribution in [1.82, 2.24) is 9.88 Å². The number of likely N-dealkylation sites (N-methyl/N-ethyl adjacent to an activating group) is 1. The SMILES string of the molecule is CN1C(=O)c2ccccc2[C@@H](C(=O)Nc2cccc(C(F)(F)F)c2)[C@@H]1c1c[nH]c2ccccc12. The Balaban J connectivity index is 1.61. The molecule has 34 heavy (non-hydrogen) atoms. The molecule has 172 valence electrons. The van der Waals surface area contributed by atoms with Gasteiger partial charge in [-0.15, -0.1) is 0 Å². The van der Waals surface area contributed by atoms with E-state index in [1.54, 1.807) is 37.5 Å². The topological polar surface area (TPSA) is 65.2 Å². The maximum absolute atomic E-state index is 13.6. The number of aromatic nitrogens is 1. The van der Waals surface area contributed by atoms with Crippen molar-refractivity contribution in [2.24, 2.45) is 0 Å². The zero-order valence-corrected chi connectivity index (χ0v) is 18.1. The van der Waals surface area contributed by atoms with Crippen LogP contribution in [0.25, 0.3) is 10.9 Å². The first kappa shape index (κ1) is 21.8. The summed E-state index contributed by atoms with van der Waals surface area (Å²) in [4.78, 5) is 31.5. The summed E-state index contributed by atoms with van der Waals surface area (Å²) < 4.78 is 39.6. The van der Waals surface area contributed by atoms with Gasteiger partial charge in [-0.2, -0.15) is 13.2 Å². The standard InChI is InChI=1S/C26H20F3N3O2/c1-32-23(20-14-30-21-12-5-4-9-17(20)21)22(18-10-2-3-11-19(18)25(32)34)24(33)31-16-8-6-7-15(13-16)26(27,28)29/h2-14,22-23,30H,1H3,(H,31,33)/t22-,23+/m1/s1. The molecule has 2 amide bonds. The largest absolute Gasteiger partial charge is 0.416 e. The molecule has 5 rings (SSSR count). The van der Waals surface area contributed by atoms with Crippen LogP contribution in [-0.4, -0.2) is 28.7 Å². The number of benzene rings is 3. The minimum absolute atomic E-state index is 0.0366. The maximum Gasteiger partial charge on any atom is 0.416 e. The number of hydrogen-bond donors (Lipinski definition) is 2. The average Bonchev–Trinajstić information content (AvgIpc) is 3.24. The molecule has 1 aliphatic heterocycles. The molecule has 1 aromatic heterocycles. The molecular formula is C26H20F3N3O2. The molecule has 0 radical (unpaired) electrons. The lowest BCUT2D eigenvalue weighted by Gasteiger charge is -2.39. The Morgan fingerprint density at radius 3 is 2.50 bits per heavy atom. The monoisotopic (exact) mass is 463 g/mol. The van der Waals surface area contributed by atoms with Gasteiger partial charge in [-0.3, -0.25) is 9.59 Å². The first-order valence-corrected chi connectivity index (χ1v) is 10.7. The molecule has 1 aliphatic rings. The van der Waals surface area contributed by atoms with E-state index in [9.17, 15) is 22.8 Å². The number of carbonyl (C=O) groups excluding carboxylic acids is 2. The number of nitrogens with one attached hydrogen (secondary N) is 2. The average molecular weight is 463 g/mol. The number of fused-ring (bicyclic) bond motifs is 2. The number of nitrogens with zero attached hydrogens (tertiary/aromatic N) is 1. The molecule has 0 saturated carbocycles. The van der Waals surface area contributed by atoms with Gasteiger partial charge in [-0.25, -0.2) is 0 Å². The van der Waals surface area contributed by atoms with E-state index in [0.29, 0.717) is 11.1 Å². The van der Waals surface area contributed by atoms with Gasteiger partial charge in [-0.05, 0) is 35.9 Å². The molecule has 0 spiro atoms. The van der Waals surface area contributed by atoms with Crippen LogP contribution in [0, 0.1) is 0 Å². The first-order chi connectivity index (χ1) is 16.3. The highest BCUT2D eigenvalue weighted by atomic mass is 19.4. The molecule has 2 N–H and O–H groups in total. The van der Waals surface area contributed by atoms with Crippen LogP contribution >= 0.6 is 0 Å². The lowest BCUT2D eigenvalue weighted by Crippen LogP contribution is -2.44. The maximum atomic E-state index is 13.6. The number of halogens is 3. The minimum atomic E-state index is -4.53. The highest BCUT2D eigenvalue weighted by Gasteiger charge is 2.43. The minimum Gasteiger partial charge on any atom is -0.361 e. The summed E-state index contributed by atoms with van der Waals surface area (Å²) in [6.45, 7) is 0.